The minimum atomic E-state index is -0.304. The van der Waals surface area contributed by atoms with Gasteiger partial charge in [0.05, 0.1) is 18.2 Å². The van der Waals surface area contributed by atoms with E-state index in [0.717, 1.165) is 17.1 Å². The molecule has 0 aliphatic carbocycles. The highest BCUT2D eigenvalue weighted by molar-refractivity contribution is 7.15. The van der Waals surface area contributed by atoms with Crippen molar-refractivity contribution in [3.8, 4) is 0 Å². The van der Waals surface area contributed by atoms with Crippen LogP contribution in [0.15, 0.2) is 17.8 Å². The molecule has 0 aromatic carbocycles. The number of nitrogens with zero attached hydrogens (tertiary/aromatic N) is 2. The van der Waals surface area contributed by atoms with Gasteiger partial charge in [-0.05, 0) is 19.8 Å². The number of aromatic nitrogens is 2. The van der Waals surface area contributed by atoms with Crippen molar-refractivity contribution in [2.75, 3.05) is 6.54 Å². The number of nitrogens with one attached hydrogen (secondary N) is 1. The first-order valence-electron chi connectivity index (χ1n) is 6.01. The fraction of sp³-hybridized carbons (Fsp3) is 0.500. The van der Waals surface area contributed by atoms with Gasteiger partial charge in [0.25, 0.3) is 0 Å². The molecule has 18 heavy (non-hydrogen) atoms. The fourth-order valence-electron chi connectivity index (χ4n) is 1.71. The summed E-state index contributed by atoms with van der Waals surface area (Å²) in [5.74, 6) is -0.0219. The Morgan fingerprint density at radius 2 is 2.50 bits per heavy atom. The molecule has 0 saturated heterocycles. The average molecular weight is 267 g/mol. The molecule has 1 unspecified atom stereocenters. The van der Waals surface area contributed by atoms with Crippen LogP contribution in [0, 0.1) is 0 Å². The molecule has 2 N–H and O–H groups in total. The molecule has 2 rings (SSSR count). The Labute approximate surface area is 109 Å². The third kappa shape index (κ3) is 3.54. The van der Waals surface area contributed by atoms with E-state index >= 15 is 0 Å². The molecule has 2 aromatic rings. The lowest BCUT2D eigenvalue weighted by Gasteiger charge is -2.05. The number of carbonyl (C=O) groups is 1. The highest BCUT2D eigenvalue weighted by Gasteiger charge is 2.07. The highest BCUT2D eigenvalue weighted by atomic mass is 32.1. The van der Waals surface area contributed by atoms with E-state index in [0.29, 0.717) is 19.4 Å². The van der Waals surface area contributed by atoms with Crippen LogP contribution in [0.4, 0.5) is 0 Å². The standard InChI is InChI=1S/C12H17N3O2S/c1-9(16)3-2-4-13-11(17)7-10-8-15-5-6-18-12(15)14-10/h5-6,8-9,16H,2-4,7H2,1H3,(H,13,17). The van der Waals surface area contributed by atoms with Crippen LogP contribution >= 0.6 is 11.3 Å². The summed E-state index contributed by atoms with van der Waals surface area (Å²) >= 11 is 1.55. The molecule has 1 amide bonds. The van der Waals surface area contributed by atoms with Gasteiger partial charge in [0.2, 0.25) is 5.91 Å². The van der Waals surface area contributed by atoms with Crippen LogP contribution in [0.5, 0.6) is 0 Å². The summed E-state index contributed by atoms with van der Waals surface area (Å²) in [6.07, 6.45) is 5.31. The summed E-state index contributed by atoms with van der Waals surface area (Å²) in [4.78, 5) is 16.9. The van der Waals surface area contributed by atoms with E-state index in [2.05, 4.69) is 10.3 Å². The number of aliphatic hydroxyl groups is 1. The third-order valence-corrected chi connectivity index (χ3v) is 3.38. The predicted molar refractivity (Wildman–Crippen MR) is 70.7 cm³/mol. The quantitative estimate of drug-likeness (QED) is 0.773. The van der Waals surface area contributed by atoms with Gasteiger partial charge in [0.15, 0.2) is 4.96 Å². The molecule has 0 radical (unpaired) electrons. The predicted octanol–water partition coefficient (Wildman–Crippen LogP) is 1.22. The summed E-state index contributed by atoms with van der Waals surface area (Å²) < 4.78 is 1.92. The molecule has 0 aliphatic heterocycles. The van der Waals surface area contributed by atoms with Crippen LogP contribution < -0.4 is 5.32 Å². The second-order valence-electron chi connectivity index (χ2n) is 4.34. The number of hydrogen-bond donors (Lipinski definition) is 2. The Kier molecular flexibility index (Phi) is 4.33. The summed E-state index contributed by atoms with van der Waals surface area (Å²) in [5, 5.41) is 13.9. The first-order valence-corrected chi connectivity index (χ1v) is 6.89. The van der Waals surface area contributed by atoms with Crippen LogP contribution in [-0.4, -0.2) is 33.0 Å². The molecule has 5 nitrogen and oxygen atoms in total. The molecular weight excluding hydrogens is 250 g/mol. The van der Waals surface area contributed by atoms with Gasteiger partial charge in [-0.25, -0.2) is 4.98 Å². The van der Waals surface area contributed by atoms with E-state index in [-0.39, 0.29) is 12.0 Å². The maximum Gasteiger partial charge on any atom is 0.226 e. The lowest BCUT2D eigenvalue weighted by molar-refractivity contribution is -0.120. The number of rotatable bonds is 6. The van der Waals surface area contributed by atoms with E-state index in [4.69, 9.17) is 5.11 Å². The van der Waals surface area contributed by atoms with Crippen LogP contribution in [0.3, 0.4) is 0 Å². The summed E-state index contributed by atoms with van der Waals surface area (Å²) in [7, 11) is 0. The first-order chi connectivity index (χ1) is 8.65. The van der Waals surface area contributed by atoms with Gasteiger partial charge in [-0.3, -0.25) is 9.20 Å². The second kappa shape index (κ2) is 5.97. The van der Waals surface area contributed by atoms with Gasteiger partial charge < -0.3 is 10.4 Å². The second-order valence-corrected chi connectivity index (χ2v) is 5.22. The molecule has 6 heteroatoms. The number of imidazole rings is 1. The number of aliphatic hydroxyl groups excluding tert-OH is 1. The van der Waals surface area contributed by atoms with Crippen molar-refractivity contribution >= 4 is 22.2 Å². The van der Waals surface area contributed by atoms with Crippen molar-refractivity contribution in [2.24, 2.45) is 0 Å². The smallest absolute Gasteiger partial charge is 0.226 e. The Morgan fingerprint density at radius 1 is 1.67 bits per heavy atom. The minimum absolute atomic E-state index is 0.0219. The van der Waals surface area contributed by atoms with E-state index in [1.165, 1.54) is 0 Å². The average Bonchev–Trinajstić information content (AvgIpc) is 2.84. The van der Waals surface area contributed by atoms with E-state index in [1.54, 1.807) is 18.3 Å². The summed E-state index contributed by atoms with van der Waals surface area (Å²) in [6, 6.07) is 0. The summed E-state index contributed by atoms with van der Waals surface area (Å²) in [6.45, 7) is 2.35. The van der Waals surface area contributed by atoms with Gasteiger partial charge in [-0.15, -0.1) is 11.3 Å². The Bertz CT molecular complexity index is 490. The van der Waals surface area contributed by atoms with Crippen LogP contribution in [0.25, 0.3) is 4.96 Å². The van der Waals surface area contributed by atoms with Crippen LogP contribution in [-0.2, 0) is 11.2 Å². The number of fused-ring (bicyclic) bond motifs is 1. The molecule has 2 aromatic heterocycles. The maximum atomic E-state index is 11.6. The van der Waals surface area contributed by atoms with Crippen molar-refractivity contribution < 1.29 is 9.90 Å². The van der Waals surface area contributed by atoms with Gasteiger partial charge >= 0.3 is 0 Å². The summed E-state index contributed by atoms with van der Waals surface area (Å²) in [5.41, 5.74) is 0.787. The van der Waals surface area contributed by atoms with Crippen molar-refractivity contribution in [3.63, 3.8) is 0 Å². The third-order valence-electron chi connectivity index (χ3n) is 2.61. The van der Waals surface area contributed by atoms with Gasteiger partial charge in [0, 0.05) is 24.3 Å². The fourth-order valence-corrected chi connectivity index (χ4v) is 2.43. The SMILES string of the molecule is CC(O)CCCNC(=O)Cc1cn2ccsc2n1. The first kappa shape index (κ1) is 13.0. The van der Waals surface area contributed by atoms with Gasteiger partial charge in [-0.1, -0.05) is 0 Å². The number of amides is 1. The van der Waals surface area contributed by atoms with E-state index < -0.39 is 0 Å². The lowest BCUT2D eigenvalue weighted by atomic mass is 10.2. The zero-order chi connectivity index (χ0) is 13.0. The Morgan fingerprint density at radius 3 is 3.22 bits per heavy atom. The van der Waals surface area contributed by atoms with E-state index in [9.17, 15) is 4.79 Å². The lowest BCUT2D eigenvalue weighted by Crippen LogP contribution is -2.26. The van der Waals surface area contributed by atoms with Crippen molar-refractivity contribution in [2.45, 2.75) is 32.3 Å². The van der Waals surface area contributed by atoms with E-state index in [1.807, 2.05) is 22.2 Å². The zero-order valence-corrected chi connectivity index (χ0v) is 11.1. The van der Waals surface area contributed by atoms with Crippen LogP contribution in [0.2, 0.25) is 0 Å². The highest BCUT2D eigenvalue weighted by Crippen LogP contribution is 2.11. The van der Waals surface area contributed by atoms with Crippen molar-refractivity contribution in [3.05, 3.63) is 23.5 Å². The van der Waals surface area contributed by atoms with Gasteiger partial charge in [0.1, 0.15) is 0 Å². The van der Waals surface area contributed by atoms with Gasteiger partial charge in [-0.2, -0.15) is 0 Å². The molecule has 0 fully saturated rings. The normalized spacial score (nSPS) is 12.8. The molecule has 0 spiro atoms. The number of thiazole rings is 1. The minimum Gasteiger partial charge on any atom is -0.393 e. The maximum absolute atomic E-state index is 11.6. The molecule has 98 valence electrons. The molecule has 2 heterocycles. The largest absolute Gasteiger partial charge is 0.393 e. The Hall–Kier alpha value is -1.40. The number of hydrogen-bond acceptors (Lipinski definition) is 4. The molecule has 0 saturated carbocycles. The Balaban J connectivity index is 1.75. The monoisotopic (exact) mass is 267 g/mol. The molecule has 0 bridgehead atoms. The molecular formula is C12H17N3O2S. The number of carbonyl (C=O) groups excluding carboxylic acids is 1. The molecule has 1 atom stereocenters. The van der Waals surface area contributed by atoms with Crippen LogP contribution in [0.1, 0.15) is 25.5 Å². The van der Waals surface area contributed by atoms with Crippen molar-refractivity contribution in [1.82, 2.24) is 14.7 Å². The topological polar surface area (TPSA) is 66.6 Å². The molecule has 0 aliphatic rings. The zero-order valence-electron chi connectivity index (χ0n) is 10.3. The van der Waals surface area contributed by atoms with Crippen molar-refractivity contribution in [1.29, 1.82) is 0 Å².